The second-order valence-electron chi connectivity index (χ2n) is 6.82. The maximum atomic E-state index is 13.5. The third kappa shape index (κ3) is 4.54. The summed E-state index contributed by atoms with van der Waals surface area (Å²) >= 11 is 0. The smallest absolute Gasteiger partial charge is 0.305 e. The molecule has 0 aliphatic heterocycles. The number of amides is 1. The standard InChI is InChI=1S/C18H25FN2O3/c1-21(2)16(13-7-6-8-14(19)11-13)17(24)20-18(12-15(22)23)9-4-3-5-10-18/h6-8,11,16H,3-5,9-10,12H2,1-2H3,(H,20,24)(H,22,23)/t16-/m0/s1. The summed E-state index contributed by atoms with van der Waals surface area (Å²) in [6, 6.07) is 5.30. The van der Waals surface area contributed by atoms with Crippen LogP contribution in [0.1, 0.15) is 50.1 Å². The highest BCUT2D eigenvalue weighted by molar-refractivity contribution is 5.84. The van der Waals surface area contributed by atoms with E-state index < -0.39 is 23.4 Å². The quantitative estimate of drug-likeness (QED) is 0.838. The number of rotatable bonds is 6. The molecule has 0 radical (unpaired) electrons. The molecule has 24 heavy (non-hydrogen) atoms. The molecule has 1 aliphatic rings. The van der Waals surface area contributed by atoms with Crippen LogP contribution in [0.4, 0.5) is 4.39 Å². The minimum Gasteiger partial charge on any atom is -0.481 e. The van der Waals surface area contributed by atoms with Crippen molar-refractivity contribution in [3.05, 3.63) is 35.6 Å². The van der Waals surface area contributed by atoms with Crippen LogP contribution in [0.25, 0.3) is 0 Å². The molecule has 0 heterocycles. The molecule has 2 N–H and O–H groups in total. The Morgan fingerprint density at radius 3 is 2.50 bits per heavy atom. The van der Waals surface area contributed by atoms with Gasteiger partial charge in [0.2, 0.25) is 5.91 Å². The number of carbonyl (C=O) groups excluding carboxylic acids is 1. The van der Waals surface area contributed by atoms with Gasteiger partial charge in [-0.1, -0.05) is 31.4 Å². The van der Waals surface area contributed by atoms with Gasteiger partial charge < -0.3 is 10.4 Å². The van der Waals surface area contributed by atoms with Gasteiger partial charge in [0.1, 0.15) is 11.9 Å². The summed E-state index contributed by atoms with van der Waals surface area (Å²) in [6.45, 7) is 0. The Kier molecular flexibility index (Phi) is 5.94. The van der Waals surface area contributed by atoms with Crippen LogP contribution in [-0.2, 0) is 9.59 Å². The van der Waals surface area contributed by atoms with Crippen LogP contribution in [0.2, 0.25) is 0 Å². The third-order valence-electron chi connectivity index (χ3n) is 4.62. The van der Waals surface area contributed by atoms with Crippen molar-refractivity contribution in [1.82, 2.24) is 10.2 Å². The van der Waals surface area contributed by atoms with Crippen molar-refractivity contribution in [3.8, 4) is 0 Å². The number of hydrogen-bond donors (Lipinski definition) is 2. The van der Waals surface area contributed by atoms with Gasteiger partial charge in [0.05, 0.1) is 12.0 Å². The van der Waals surface area contributed by atoms with Gasteiger partial charge in [-0.15, -0.1) is 0 Å². The Morgan fingerprint density at radius 1 is 1.29 bits per heavy atom. The van der Waals surface area contributed by atoms with Crippen LogP contribution in [0, 0.1) is 5.82 Å². The zero-order valence-electron chi connectivity index (χ0n) is 14.2. The average molecular weight is 336 g/mol. The number of halogens is 1. The van der Waals surface area contributed by atoms with E-state index in [2.05, 4.69) is 5.32 Å². The number of likely N-dealkylation sites (N-methyl/N-ethyl adjacent to an activating group) is 1. The Morgan fingerprint density at radius 2 is 1.96 bits per heavy atom. The lowest BCUT2D eigenvalue weighted by Crippen LogP contribution is -2.53. The van der Waals surface area contributed by atoms with E-state index in [4.69, 9.17) is 0 Å². The summed E-state index contributed by atoms with van der Waals surface area (Å²) in [6.07, 6.45) is 4.10. The van der Waals surface area contributed by atoms with E-state index in [0.717, 1.165) is 19.3 Å². The SMILES string of the molecule is CN(C)[C@H](C(=O)NC1(CC(=O)O)CCCCC1)c1cccc(F)c1. The van der Waals surface area contributed by atoms with Crippen molar-refractivity contribution < 1.29 is 19.1 Å². The topological polar surface area (TPSA) is 69.6 Å². The van der Waals surface area contributed by atoms with E-state index >= 15 is 0 Å². The zero-order valence-corrected chi connectivity index (χ0v) is 14.2. The lowest BCUT2D eigenvalue weighted by Gasteiger charge is -2.39. The lowest BCUT2D eigenvalue weighted by molar-refractivity contribution is -0.140. The normalized spacial score (nSPS) is 18.2. The molecule has 132 valence electrons. The van der Waals surface area contributed by atoms with E-state index in [9.17, 15) is 19.1 Å². The molecule has 0 aromatic heterocycles. The molecular weight excluding hydrogens is 311 g/mol. The van der Waals surface area contributed by atoms with Gasteiger partial charge in [0.15, 0.2) is 0 Å². The second-order valence-corrected chi connectivity index (χ2v) is 6.82. The summed E-state index contributed by atoms with van der Waals surface area (Å²) in [4.78, 5) is 25.9. The Hall–Kier alpha value is -1.95. The molecule has 1 aromatic rings. The fourth-order valence-electron chi connectivity index (χ4n) is 3.55. The largest absolute Gasteiger partial charge is 0.481 e. The van der Waals surface area contributed by atoms with Gasteiger partial charge in [-0.2, -0.15) is 0 Å². The first kappa shape index (κ1) is 18.4. The number of carboxylic acids is 1. The van der Waals surface area contributed by atoms with E-state index in [1.807, 2.05) is 0 Å². The van der Waals surface area contributed by atoms with Crippen LogP contribution >= 0.6 is 0 Å². The van der Waals surface area contributed by atoms with Crippen molar-refractivity contribution in [2.75, 3.05) is 14.1 Å². The molecule has 1 atom stereocenters. The molecule has 0 unspecified atom stereocenters. The molecule has 1 aromatic carbocycles. The molecule has 1 amide bonds. The summed E-state index contributed by atoms with van der Waals surface area (Å²) in [7, 11) is 3.50. The molecule has 0 saturated heterocycles. The van der Waals surface area contributed by atoms with Gasteiger partial charge >= 0.3 is 5.97 Å². The van der Waals surface area contributed by atoms with Crippen molar-refractivity contribution in [1.29, 1.82) is 0 Å². The van der Waals surface area contributed by atoms with Gasteiger partial charge in [0.25, 0.3) is 0 Å². The predicted molar refractivity (Wildman–Crippen MR) is 89.0 cm³/mol. The van der Waals surface area contributed by atoms with Crippen LogP contribution in [-0.4, -0.2) is 41.5 Å². The van der Waals surface area contributed by atoms with E-state index in [1.54, 1.807) is 31.1 Å². The average Bonchev–Trinajstić information content (AvgIpc) is 2.46. The number of aliphatic carboxylic acids is 1. The third-order valence-corrected chi connectivity index (χ3v) is 4.62. The maximum Gasteiger partial charge on any atom is 0.305 e. The Balaban J connectivity index is 2.23. The van der Waals surface area contributed by atoms with Gasteiger partial charge in [-0.25, -0.2) is 4.39 Å². The van der Waals surface area contributed by atoms with E-state index in [1.165, 1.54) is 12.1 Å². The molecule has 5 nitrogen and oxygen atoms in total. The predicted octanol–water partition coefficient (Wildman–Crippen LogP) is 2.72. The maximum absolute atomic E-state index is 13.5. The highest BCUT2D eigenvalue weighted by atomic mass is 19.1. The molecule has 1 aliphatic carbocycles. The summed E-state index contributed by atoms with van der Waals surface area (Å²) in [5.74, 6) is -1.59. The summed E-state index contributed by atoms with van der Waals surface area (Å²) < 4.78 is 13.5. The molecule has 0 bridgehead atoms. The van der Waals surface area contributed by atoms with Crippen LogP contribution in [0.5, 0.6) is 0 Å². The summed E-state index contributed by atoms with van der Waals surface area (Å²) in [5.41, 5.74) is -0.151. The van der Waals surface area contributed by atoms with Gasteiger partial charge in [-0.05, 0) is 44.6 Å². The highest BCUT2D eigenvalue weighted by Gasteiger charge is 2.38. The minimum atomic E-state index is -0.913. The molecule has 0 spiro atoms. The van der Waals surface area contributed by atoms with E-state index in [-0.39, 0.29) is 12.3 Å². The first-order chi connectivity index (χ1) is 11.3. The molecule has 1 fully saturated rings. The van der Waals surface area contributed by atoms with E-state index in [0.29, 0.717) is 18.4 Å². The lowest BCUT2D eigenvalue weighted by atomic mass is 9.79. The number of carboxylic acid groups (broad SMARTS) is 1. The molecule has 6 heteroatoms. The van der Waals surface area contributed by atoms with Crippen molar-refractivity contribution in [2.45, 2.75) is 50.1 Å². The van der Waals surface area contributed by atoms with Crippen molar-refractivity contribution >= 4 is 11.9 Å². The van der Waals surface area contributed by atoms with Crippen molar-refractivity contribution in [3.63, 3.8) is 0 Å². The number of benzene rings is 1. The highest BCUT2D eigenvalue weighted by Crippen LogP contribution is 2.32. The number of nitrogens with one attached hydrogen (secondary N) is 1. The second kappa shape index (κ2) is 7.75. The van der Waals surface area contributed by atoms with Gasteiger partial charge in [-0.3, -0.25) is 14.5 Å². The summed E-state index contributed by atoms with van der Waals surface area (Å²) in [5, 5.41) is 12.2. The number of hydrogen-bond acceptors (Lipinski definition) is 3. The van der Waals surface area contributed by atoms with Gasteiger partial charge in [0, 0.05) is 0 Å². The minimum absolute atomic E-state index is 0.0813. The first-order valence-corrected chi connectivity index (χ1v) is 8.29. The first-order valence-electron chi connectivity index (χ1n) is 8.29. The van der Waals surface area contributed by atoms with Crippen LogP contribution in [0.15, 0.2) is 24.3 Å². The Bertz CT molecular complexity index is 598. The van der Waals surface area contributed by atoms with Crippen LogP contribution < -0.4 is 5.32 Å². The number of nitrogens with zero attached hydrogens (tertiary/aromatic N) is 1. The number of carbonyl (C=O) groups is 2. The monoisotopic (exact) mass is 336 g/mol. The fraction of sp³-hybridized carbons (Fsp3) is 0.556. The fourth-order valence-corrected chi connectivity index (χ4v) is 3.55. The molecular formula is C18H25FN2O3. The molecule has 2 rings (SSSR count). The van der Waals surface area contributed by atoms with Crippen molar-refractivity contribution in [2.24, 2.45) is 0 Å². The molecule has 1 saturated carbocycles. The zero-order chi connectivity index (χ0) is 17.7. The van der Waals surface area contributed by atoms with Crippen LogP contribution in [0.3, 0.4) is 0 Å². The Labute approximate surface area is 141 Å².